The van der Waals surface area contributed by atoms with Gasteiger partial charge in [0.1, 0.15) is 6.04 Å². The first kappa shape index (κ1) is 21.3. The molecule has 0 spiro atoms. The first-order chi connectivity index (χ1) is 12.9. The van der Waals surface area contributed by atoms with Gasteiger partial charge in [-0.05, 0) is 24.6 Å². The zero-order valence-corrected chi connectivity index (χ0v) is 16.6. The second-order valence-corrected chi connectivity index (χ2v) is 6.99. The van der Waals surface area contributed by atoms with E-state index in [4.69, 9.17) is 27.9 Å². The number of halogens is 2. The summed E-state index contributed by atoms with van der Waals surface area (Å²) in [5.41, 5.74) is 0.561. The van der Waals surface area contributed by atoms with Gasteiger partial charge in [0, 0.05) is 18.1 Å². The normalized spacial score (nSPS) is 16.6. The molecule has 1 fully saturated rings. The van der Waals surface area contributed by atoms with Crippen LogP contribution in [-0.4, -0.2) is 55.0 Å². The number of unbranched alkanes of at least 4 members (excludes halogenated alkanes) is 1. The van der Waals surface area contributed by atoms with E-state index in [0.29, 0.717) is 35.4 Å². The van der Waals surface area contributed by atoms with Crippen LogP contribution in [0.1, 0.15) is 26.2 Å². The average Bonchev–Trinajstić information content (AvgIpc) is 2.62. The minimum Gasteiger partial charge on any atom is -0.466 e. The number of piperazine rings is 1. The monoisotopic (exact) mass is 415 g/mol. The van der Waals surface area contributed by atoms with Crippen molar-refractivity contribution < 1.29 is 19.1 Å². The van der Waals surface area contributed by atoms with E-state index < -0.39 is 12.0 Å². The molecule has 0 radical (unpaired) electrons. The highest BCUT2D eigenvalue weighted by Gasteiger charge is 2.34. The number of carbonyl (C=O) groups is 3. The summed E-state index contributed by atoms with van der Waals surface area (Å²) < 4.78 is 5.12. The molecular formula is C18H23Cl2N3O4. The van der Waals surface area contributed by atoms with Crippen molar-refractivity contribution in [3.8, 4) is 0 Å². The van der Waals surface area contributed by atoms with Crippen molar-refractivity contribution in [3.63, 3.8) is 0 Å². The van der Waals surface area contributed by atoms with Crippen molar-refractivity contribution in [1.82, 2.24) is 10.2 Å². The van der Waals surface area contributed by atoms with E-state index in [-0.39, 0.29) is 24.8 Å². The minimum absolute atomic E-state index is 0.0595. The van der Waals surface area contributed by atoms with E-state index >= 15 is 0 Å². The van der Waals surface area contributed by atoms with Crippen LogP contribution in [0.5, 0.6) is 0 Å². The molecule has 148 valence electrons. The first-order valence-corrected chi connectivity index (χ1v) is 9.59. The van der Waals surface area contributed by atoms with Crippen LogP contribution >= 0.6 is 23.2 Å². The van der Waals surface area contributed by atoms with Gasteiger partial charge in [0.25, 0.3) is 0 Å². The Morgan fingerprint density at radius 2 is 2.15 bits per heavy atom. The highest BCUT2D eigenvalue weighted by atomic mass is 35.5. The van der Waals surface area contributed by atoms with Gasteiger partial charge in [0.2, 0.25) is 11.8 Å². The lowest BCUT2D eigenvalue weighted by atomic mass is 10.1. The third-order valence-electron chi connectivity index (χ3n) is 4.13. The fourth-order valence-corrected chi connectivity index (χ4v) is 3.14. The maximum Gasteiger partial charge on any atom is 0.308 e. The molecular weight excluding hydrogens is 393 g/mol. The molecule has 1 heterocycles. The van der Waals surface area contributed by atoms with E-state index in [2.05, 4.69) is 10.6 Å². The average molecular weight is 416 g/mol. The summed E-state index contributed by atoms with van der Waals surface area (Å²) in [6, 6.07) is 4.02. The van der Waals surface area contributed by atoms with Gasteiger partial charge in [0.05, 0.1) is 30.3 Å². The number of amides is 2. The second kappa shape index (κ2) is 10.4. The lowest BCUT2D eigenvalue weighted by Gasteiger charge is -2.34. The standard InChI is InChI=1S/C18H23Cl2N3O4/c1-2-3-8-27-17(25)10-15-18(26)21-6-7-23(15)16(24)11-22-14-5-4-12(19)9-13(14)20/h4-5,9,15,22H,2-3,6-8,10-11H2,1H3,(H,21,26). The third-order valence-corrected chi connectivity index (χ3v) is 4.68. The van der Waals surface area contributed by atoms with Gasteiger partial charge in [-0.15, -0.1) is 0 Å². The maximum absolute atomic E-state index is 12.6. The Morgan fingerprint density at radius 3 is 2.85 bits per heavy atom. The number of nitrogens with zero attached hydrogens (tertiary/aromatic N) is 1. The van der Waals surface area contributed by atoms with Gasteiger partial charge in [-0.25, -0.2) is 0 Å². The minimum atomic E-state index is -0.872. The number of hydrogen-bond donors (Lipinski definition) is 2. The summed E-state index contributed by atoms with van der Waals surface area (Å²) in [5.74, 6) is -1.15. The number of rotatable bonds is 8. The summed E-state index contributed by atoms with van der Waals surface area (Å²) >= 11 is 11.9. The molecule has 2 rings (SSSR count). The number of esters is 1. The molecule has 0 aliphatic carbocycles. The summed E-state index contributed by atoms with van der Waals surface area (Å²) in [4.78, 5) is 38.2. The van der Waals surface area contributed by atoms with Crippen LogP contribution in [0.15, 0.2) is 18.2 Å². The number of ether oxygens (including phenoxy) is 1. The van der Waals surface area contributed by atoms with Crippen LogP contribution in [-0.2, 0) is 19.1 Å². The number of carbonyl (C=O) groups excluding carboxylic acids is 3. The van der Waals surface area contributed by atoms with Crippen molar-refractivity contribution in [2.45, 2.75) is 32.2 Å². The molecule has 0 aromatic heterocycles. The third kappa shape index (κ3) is 6.29. The van der Waals surface area contributed by atoms with Gasteiger partial charge < -0.3 is 20.3 Å². The number of hydrogen-bond acceptors (Lipinski definition) is 5. The Balaban J connectivity index is 1.96. The van der Waals surface area contributed by atoms with Crippen LogP contribution < -0.4 is 10.6 Å². The van der Waals surface area contributed by atoms with Crippen molar-refractivity contribution in [2.24, 2.45) is 0 Å². The fourth-order valence-electron chi connectivity index (χ4n) is 2.67. The second-order valence-electron chi connectivity index (χ2n) is 6.15. The molecule has 1 atom stereocenters. The van der Waals surface area contributed by atoms with Crippen LogP contribution in [0.3, 0.4) is 0 Å². The maximum atomic E-state index is 12.6. The van der Waals surface area contributed by atoms with Gasteiger partial charge in [-0.1, -0.05) is 36.5 Å². The van der Waals surface area contributed by atoms with Crippen LogP contribution in [0.2, 0.25) is 10.0 Å². The van der Waals surface area contributed by atoms with Crippen LogP contribution in [0.4, 0.5) is 5.69 Å². The summed E-state index contributed by atoms with van der Waals surface area (Å²) in [5, 5.41) is 6.50. The number of benzene rings is 1. The molecule has 1 aliphatic rings. The zero-order valence-electron chi connectivity index (χ0n) is 15.1. The molecule has 1 aromatic rings. The van der Waals surface area contributed by atoms with E-state index in [1.54, 1.807) is 18.2 Å². The van der Waals surface area contributed by atoms with Crippen molar-refractivity contribution in [3.05, 3.63) is 28.2 Å². The van der Waals surface area contributed by atoms with Gasteiger partial charge in [-0.3, -0.25) is 14.4 Å². The molecule has 0 bridgehead atoms. The topological polar surface area (TPSA) is 87.7 Å². The highest BCUT2D eigenvalue weighted by Crippen LogP contribution is 2.25. The molecule has 1 aliphatic heterocycles. The van der Waals surface area contributed by atoms with E-state index in [1.807, 2.05) is 6.92 Å². The largest absolute Gasteiger partial charge is 0.466 e. The van der Waals surface area contributed by atoms with E-state index in [9.17, 15) is 14.4 Å². The molecule has 2 amide bonds. The Labute approximate surface area is 168 Å². The van der Waals surface area contributed by atoms with Gasteiger partial charge in [-0.2, -0.15) is 0 Å². The smallest absolute Gasteiger partial charge is 0.308 e. The SMILES string of the molecule is CCCCOC(=O)CC1C(=O)NCCN1C(=O)CNc1ccc(Cl)cc1Cl. The molecule has 1 unspecified atom stereocenters. The lowest BCUT2D eigenvalue weighted by molar-refractivity contribution is -0.151. The Morgan fingerprint density at radius 1 is 1.37 bits per heavy atom. The quantitative estimate of drug-likeness (QED) is 0.502. The van der Waals surface area contributed by atoms with E-state index in [0.717, 1.165) is 12.8 Å². The van der Waals surface area contributed by atoms with Crippen LogP contribution in [0.25, 0.3) is 0 Å². The van der Waals surface area contributed by atoms with E-state index in [1.165, 1.54) is 4.90 Å². The number of nitrogens with one attached hydrogen (secondary N) is 2. The summed E-state index contributed by atoms with van der Waals surface area (Å²) in [6.07, 6.45) is 1.50. The van der Waals surface area contributed by atoms with Crippen molar-refractivity contribution in [2.75, 3.05) is 31.6 Å². The van der Waals surface area contributed by atoms with Crippen molar-refractivity contribution in [1.29, 1.82) is 0 Å². The Bertz CT molecular complexity index is 699. The fraction of sp³-hybridized carbons (Fsp3) is 0.500. The molecule has 7 nitrogen and oxygen atoms in total. The predicted molar refractivity (Wildman–Crippen MR) is 104 cm³/mol. The summed E-state index contributed by atoms with van der Waals surface area (Å²) in [6.45, 7) is 2.91. The Hall–Kier alpha value is -1.99. The van der Waals surface area contributed by atoms with Crippen molar-refractivity contribution >= 4 is 46.7 Å². The summed E-state index contributed by atoms with van der Waals surface area (Å²) in [7, 11) is 0. The molecule has 1 saturated heterocycles. The molecule has 9 heteroatoms. The molecule has 27 heavy (non-hydrogen) atoms. The first-order valence-electron chi connectivity index (χ1n) is 8.84. The lowest BCUT2D eigenvalue weighted by Crippen LogP contribution is -2.58. The van der Waals surface area contributed by atoms with Gasteiger partial charge >= 0.3 is 5.97 Å². The predicted octanol–water partition coefficient (Wildman–Crippen LogP) is 2.47. The molecule has 1 aromatic carbocycles. The van der Waals surface area contributed by atoms with Crippen LogP contribution in [0, 0.1) is 0 Å². The molecule has 0 saturated carbocycles. The zero-order chi connectivity index (χ0) is 19.8. The molecule has 2 N–H and O–H groups in total. The highest BCUT2D eigenvalue weighted by molar-refractivity contribution is 6.36. The number of anilines is 1. The van der Waals surface area contributed by atoms with Gasteiger partial charge in [0.15, 0.2) is 0 Å². The Kier molecular flexibility index (Phi) is 8.19.